The number of ether oxygens (including phenoxy) is 2. The van der Waals surface area contributed by atoms with Crippen molar-refractivity contribution >= 4 is 22.8 Å². The van der Waals surface area contributed by atoms with E-state index in [0.29, 0.717) is 23.8 Å². The quantitative estimate of drug-likeness (QED) is 0.744. The van der Waals surface area contributed by atoms with E-state index in [1.165, 1.54) is 0 Å². The molecule has 7 nitrogen and oxygen atoms in total. The fourth-order valence-corrected chi connectivity index (χ4v) is 2.43. The Bertz CT molecular complexity index is 882. The van der Waals surface area contributed by atoms with E-state index in [9.17, 15) is 0 Å². The first-order chi connectivity index (χ1) is 11.6. The standard InChI is InChI=1S/C17H19N5O2/c1-10-6-7-19-15-14(10)21-17(22-16(15)18)20-9-11-4-5-12(23-2)8-13(11)24-3/h4-8H,9H2,1-3H3,(H3,18,20,21,22). The Morgan fingerprint density at radius 1 is 1.08 bits per heavy atom. The number of nitrogen functional groups attached to an aromatic ring is 1. The van der Waals surface area contributed by atoms with Crippen LogP contribution >= 0.6 is 0 Å². The molecule has 0 unspecified atom stereocenters. The van der Waals surface area contributed by atoms with Crippen LogP contribution < -0.4 is 20.5 Å². The second-order valence-electron chi connectivity index (χ2n) is 5.29. The van der Waals surface area contributed by atoms with Crippen molar-refractivity contribution in [1.82, 2.24) is 15.0 Å². The second kappa shape index (κ2) is 6.57. The lowest BCUT2D eigenvalue weighted by molar-refractivity contribution is 0.391. The van der Waals surface area contributed by atoms with Crippen LogP contribution in [0.2, 0.25) is 0 Å². The maximum Gasteiger partial charge on any atom is 0.225 e. The third-order valence-electron chi connectivity index (χ3n) is 3.74. The SMILES string of the molecule is COc1ccc(CNc2nc(N)c3nccc(C)c3n2)c(OC)c1. The van der Waals surface area contributed by atoms with Crippen molar-refractivity contribution in [1.29, 1.82) is 0 Å². The molecule has 2 heterocycles. The van der Waals surface area contributed by atoms with Gasteiger partial charge in [-0.05, 0) is 30.7 Å². The molecule has 3 rings (SSSR count). The van der Waals surface area contributed by atoms with Gasteiger partial charge in [-0.2, -0.15) is 4.98 Å². The fraction of sp³-hybridized carbons (Fsp3) is 0.235. The number of hydrogen-bond donors (Lipinski definition) is 2. The molecule has 0 radical (unpaired) electrons. The van der Waals surface area contributed by atoms with E-state index in [2.05, 4.69) is 20.3 Å². The van der Waals surface area contributed by atoms with E-state index >= 15 is 0 Å². The van der Waals surface area contributed by atoms with Gasteiger partial charge in [-0.1, -0.05) is 0 Å². The molecule has 0 atom stereocenters. The van der Waals surface area contributed by atoms with E-state index in [1.807, 2.05) is 31.2 Å². The molecule has 0 aliphatic heterocycles. The second-order valence-corrected chi connectivity index (χ2v) is 5.29. The van der Waals surface area contributed by atoms with Gasteiger partial charge in [-0.3, -0.25) is 4.98 Å². The summed E-state index contributed by atoms with van der Waals surface area (Å²) in [5.74, 6) is 2.28. The molecule has 0 aliphatic rings. The number of pyridine rings is 1. The molecule has 0 fully saturated rings. The summed E-state index contributed by atoms with van der Waals surface area (Å²) in [6.45, 7) is 2.46. The number of hydrogen-bond acceptors (Lipinski definition) is 7. The van der Waals surface area contributed by atoms with Gasteiger partial charge < -0.3 is 20.5 Å². The lowest BCUT2D eigenvalue weighted by atomic mass is 10.2. The molecule has 3 aromatic rings. The van der Waals surface area contributed by atoms with Crippen LogP contribution in [0.15, 0.2) is 30.5 Å². The van der Waals surface area contributed by atoms with Crippen molar-refractivity contribution in [3.8, 4) is 11.5 Å². The summed E-state index contributed by atoms with van der Waals surface area (Å²) in [5, 5.41) is 3.18. The number of benzene rings is 1. The van der Waals surface area contributed by atoms with Gasteiger partial charge in [0.15, 0.2) is 5.82 Å². The number of fused-ring (bicyclic) bond motifs is 1. The highest BCUT2D eigenvalue weighted by atomic mass is 16.5. The van der Waals surface area contributed by atoms with E-state index in [0.717, 1.165) is 28.1 Å². The first kappa shape index (κ1) is 15.8. The molecule has 7 heteroatoms. The van der Waals surface area contributed by atoms with Gasteiger partial charge in [0.25, 0.3) is 0 Å². The summed E-state index contributed by atoms with van der Waals surface area (Å²) < 4.78 is 10.6. The van der Waals surface area contributed by atoms with Gasteiger partial charge >= 0.3 is 0 Å². The number of aromatic nitrogens is 3. The maximum atomic E-state index is 5.99. The zero-order valence-electron chi connectivity index (χ0n) is 13.8. The molecule has 0 amide bonds. The minimum absolute atomic E-state index is 0.355. The Hall–Kier alpha value is -3.09. The van der Waals surface area contributed by atoms with Crippen LogP contribution in [0.3, 0.4) is 0 Å². The lowest BCUT2D eigenvalue weighted by Crippen LogP contribution is -2.08. The molecule has 1 aromatic carbocycles. The summed E-state index contributed by atoms with van der Waals surface area (Å²) in [5.41, 5.74) is 9.31. The molecular weight excluding hydrogens is 306 g/mol. The van der Waals surface area contributed by atoms with Gasteiger partial charge in [0.05, 0.1) is 19.7 Å². The number of nitrogens with two attached hydrogens (primary N) is 1. The zero-order valence-corrected chi connectivity index (χ0v) is 13.8. The van der Waals surface area contributed by atoms with Gasteiger partial charge in [0.1, 0.15) is 17.0 Å². The van der Waals surface area contributed by atoms with Crippen LogP contribution in [-0.2, 0) is 6.54 Å². The predicted octanol–water partition coefficient (Wildman–Crippen LogP) is 2.54. The minimum atomic E-state index is 0.355. The summed E-state index contributed by atoms with van der Waals surface area (Å²) in [7, 11) is 3.24. The summed E-state index contributed by atoms with van der Waals surface area (Å²) in [6.07, 6.45) is 1.70. The smallest absolute Gasteiger partial charge is 0.225 e. The van der Waals surface area contributed by atoms with Gasteiger partial charge in [0, 0.05) is 24.4 Å². The highest BCUT2D eigenvalue weighted by Gasteiger charge is 2.10. The number of nitrogens with one attached hydrogen (secondary N) is 1. The molecule has 0 spiro atoms. The minimum Gasteiger partial charge on any atom is -0.497 e. The third-order valence-corrected chi connectivity index (χ3v) is 3.74. The molecule has 0 bridgehead atoms. The van der Waals surface area contributed by atoms with Crippen molar-refractivity contribution in [2.24, 2.45) is 0 Å². The van der Waals surface area contributed by atoms with Crippen molar-refractivity contribution in [3.63, 3.8) is 0 Å². The normalized spacial score (nSPS) is 10.6. The molecule has 0 aliphatic carbocycles. The molecule has 0 saturated heterocycles. The Morgan fingerprint density at radius 3 is 2.67 bits per heavy atom. The lowest BCUT2D eigenvalue weighted by Gasteiger charge is -2.12. The molecular formula is C17H19N5O2. The van der Waals surface area contributed by atoms with E-state index in [1.54, 1.807) is 20.4 Å². The summed E-state index contributed by atoms with van der Waals surface area (Å²) >= 11 is 0. The molecule has 124 valence electrons. The van der Waals surface area contributed by atoms with Crippen LogP contribution in [0, 0.1) is 6.92 Å². The van der Waals surface area contributed by atoms with Gasteiger partial charge in [0.2, 0.25) is 5.95 Å². The summed E-state index contributed by atoms with van der Waals surface area (Å²) in [6, 6.07) is 7.54. The molecule has 24 heavy (non-hydrogen) atoms. The molecule has 3 N–H and O–H groups in total. The van der Waals surface area contributed by atoms with Crippen LogP contribution in [0.5, 0.6) is 11.5 Å². The van der Waals surface area contributed by atoms with Crippen LogP contribution in [0.25, 0.3) is 11.0 Å². The van der Waals surface area contributed by atoms with Crippen molar-refractivity contribution in [3.05, 3.63) is 41.6 Å². The average molecular weight is 325 g/mol. The van der Waals surface area contributed by atoms with Gasteiger partial charge in [-0.25, -0.2) is 4.98 Å². The first-order valence-corrected chi connectivity index (χ1v) is 7.46. The van der Waals surface area contributed by atoms with Crippen LogP contribution in [-0.4, -0.2) is 29.2 Å². The molecule has 0 saturated carbocycles. The first-order valence-electron chi connectivity index (χ1n) is 7.46. The van der Waals surface area contributed by atoms with E-state index in [-0.39, 0.29) is 0 Å². The van der Waals surface area contributed by atoms with Crippen molar-refractivity contribution in [2.75, 3.05) is 25.3 Å². The fourth-order valence-electron chi connectivity index (χ4n) is 2.43. The zero-order chi connectivity index (χ0) is 17.1. The monoisotopic (exact) mass is 325 g/mol. The van der Waals surface area contributed by atoms with Crippen LogP contribution in [0.1, 0.15) is 11.1 Å². The Kier molecular flexibility index (Phi) is 4.33. The third kappa shape index (κ3) is 3.01. The highest BCUT2D eigenvalue weighted by Crippen LogP contribution is 2.25. The number of rotatable bonds is 5. The number of methoxy groups -OCH3 is 2. The maximum absolute atomic E-state index is 5.99. The van der Waals surface area contributed by atoms with Crippen molar-refractivity contribution < 1.29 is 9.47 Å². The molecule has 2 aromatic heterocycles. The number of nitrogens with zero attached hydrogens (tertiary/aromatic N) is 3. The summed E-state index contributed by atoms with van der Waals surface area (Å²) in [4.78, 5) is 13.0. The number of anilines is 2. The largest absolute Gasteiger partial charge is 0.497 e. The topological polar surface area (TPSA) is 95.2 Å². The average Bonchev–Trinajstić information content (AvgIpc) is 2.60. The predicted molar refractivity (Wildman–Crippen MR) is 93.4 cm³/mol. The number of aryl methyl sites for hydroxylation is 1. The highest BCUT2D eigenvalue weighted by molar-refractivity contribution is 5.87. The van der Waals surface area contributed by atoms with Crippen LogP contribution in [0.4, 0.5) is 11.8 Å². The van der Waals surface area contributed by atoms with E-state index < -0.39 is 0 Å². The van der Waals surface area contributed by atoms with E-state index in [4.69, 9.17) is 15.2 Å². The van der Waals surface area contributed by atoms with Gasteiger partial charge in [-0.15, -0.1) is 0 Å². The Labute approximate surface area is 139 Å². The Morgan fingerprint density at radius 2 is 1.92 bits per heavy atom. The van der Waals surface area contributed by atoms with Crippen molar-refractivity contribution in [2.45, 2.75) is 13.5 Å². The Balaban J connectivity index is 1.87.